The van der Waals surface area contributed by atoms with Crippen LogP contribution in [-0.4, -0.2) is 40.4 Å². The fraction of sp³-hybridized carbons (Fsp3) is 0.588. The lowest BCUT2D eigenvalue weighted by Gasteiger charge is -2.25. The maximum atomic E-state index is 14.8. The Morgan fingerprint density at radius 2 is 1.40 bits per heavy atom. The van der Waals surface area contributed by atoms with E-state index in [4.69, 9.17) is 18.9 Å². The molecule has 0 N–H and O–H groups in total. The van der Waals surface area contributed by atoms with Gasteiger partial charge in [0.15, 0.2) is 13.6 Å². The Kier molecular flexibility index (Phi) is 7.57. The van der Waals surface area contributed by atoms with Gasteiger partial charge in [-0.3, -0.25) is 0 Å². The lowest BCUT2D eigenvalue weighted by molar-refractivity contribution is -0.173. The van der Waals surface area contributed by atoms with Crippen LogP contribution in [-0.2, 0) is 24.9 Å². The van der Waals surface area contributed by atoms with Gasteiger partial charge in [-0.05, 0) is 38.8 Å². The van der Waals surface area contributed by atoms with Crippen molar-refractivity contribution in [3.05, 3.63) is 22.3 Å². The van der Waals surface area contributed by atoms with Crippen molar-refractivity contribution in [1.82, 2.24) is 0 Å². The second-order valence-electron chi connectivity index (χ2n) is 5.30. The minimum atomic E-state index is -3.91. The highest BCUT2D eigenvalue weighted by molar-refractivity contribution is 5.82. The molecular weight excluding hydrogens is 338 g/mol. The minimum Gasteiger partial charge on any atom is -0.467 e. The Balaban J connectivity index is 3.64. The molecule has 0 fully saturated rings. The van der Waals surface area contributed by atoms with E-state index >= 15 is 0 Å². The average molecular weight is 362 g/mol. The van der Waals surface area contributed by atoms with E-state index in [2.05, 4.69) is 4.74 Å². The predicted molar refractivity (Wildman–Crippen MR) is 86.2 cm³/mol. The standard InChI is InChI=1S/C17H24F2O6/c1-7-23-16(20)17(18,19)13-12(4)14(24-8-21-5)10(2)11(3)15(13)25-9-22-6/h7-9H2,1-6H3. The number of alkyl halides is 2. The molecule has 8 heteroatoms. The first-order valence-electron chi connectivity index (χ1n) is 7.66. The summed E-state index contributed by atoms with van der Waals surface area (Å²) in [5.74, 6) is -5.48. The number of carbonyl (C=O) groups excluding carboxylic acids is 1. The Morgan fingerprint density at radius 3 is 1.88 bits per heavy atom. The van der Waals surface area contributed by atoms with E-state index in [0.29, 0.717) is 11.1 Å². The summed E-state index contributed by atoms with van der Waals surface area (Å²) < 4.78 is 54.6. The largest absolute Gasteiger partial charge is 0.467 e. The molecule has 0 saturated carbocycles. The summed E-state index contributed by atoms with van der Waals surface area (Å²) in [5.41, 5.74) is 0.485. The molecule has 0 saturated heterocycles. The molecule has 0 amide bonds. The minimum absolute atomic E-state index is 0.0734. The Bertz CT molecular complexity index is 616. The van der Waals surface area contributed by atoms with Gasteiger partial charge >= 0.3 is 11.9 Å². The van der Waals surface area contributed by atoms with Crippen LogP contribution < -0.4 is 9.47 Å². The first kappa shape index (κ1) is 21.1. The highest BCUT2D eigenvalue weighted by Gasteiger charge is 2.48. The first-order chi connectivity index (χ1) is 11.7. The molecular formula is C17H24F2O6. The molecule has 1 rings (SSSR count). The third-order valence-electron chi connectivity index (χ3n) is 3.67. The van der Waals surface area contributed by atoms with Gasteiger partial charge in [-0.1, -0.05) is 0 Å². The van der Waals surface area contributed by atoms with Crippen molar-refractivity contribution in [2.24, 2.45) is 0 Å². The van der Waals surface area contributed by atoms with Crippen LogP contribution in [0.4, 0.5) is 8.78 Å². The molecule has 0 atom stereocenters. The lowest BCUT2D eigenvalue weighted by atomic mass is 9.93. The summed E-state index contributed by atoms with van der Waals surface area (Å²) in [6.45, 7) is 5.66. The molecule has 25 heavy (non-hydrogen) atoms. The van der Waals surface area contributed by atoms with E-state index in [9.17, 15) is 13.6 Å². The molecule has 0 radical (unpaired) electrons. The Hall–Kier alpha value is -1.93. The molecule has 0 aromatic heterocycles. The number of ether oxygens (including phenoxy) is 5. The number of halogens is 2. The molecule has 1 aromatic carbocycles. The van der Waals surface area contributed by atoms with Gasteiger partial charge in [0.2, 0.25) is 0 Å². The van der Waals surface area contributed by atoms with Crippen molar-refractivity contribution < 1.29 is 37.3 Å². The number of esters is 1. The van der Waals surface area contributed by atoms with Crippen molar-refractivity contribution in [2.75, 3.05) is 34.4 Å². The van der Waals surface area contributed by atoms with E-state index in [-0.39, 0.29) is 37.3 Å². The Morgan fingerprint density at radius 1 is 0.920 bits per heavy atom. The third kappa shape index (κ3) is 4.38. The van der Waals surface area contributed by atoms with Crippen LogP contribution in [0.15, 0.2) is 0 Å². The SMILES string of the molecule is CCOC(=O)C(F)(F)c1c(C)c(OCOC)c(C)c(C)c1OCOC. The van der Waals surface area contributed by atoms with Crippen LogP contribution in [0, 0.1) is 20.8 Å². The zero-order valence-corrected chi connectivity index (χ0v) is 15.3. The molecule has 142 valence electrons. The molecule has 1 aromatic rings. The third-order valence-corrected chi connectivity index (χ3v) is 3.67. The summed E-state index contributed by atoms with van der Waals surface area (Å²) in [4.78, 5) is 11.8. The monoisotopic (exact) mass is 362 g/mol. The molecule has 0 unspecified atom stereocenters. The zero-order chi connectivity index (χ0) is 19.2. The van der Waals surface area contributed by atoms with Gasteiger partial charge in [-0.2, -0.15) is 8.78 Å². The highest BCUT2D eigenvalue weighted by atomic mass is 19.3. The van der Waals surface area contributed by atoms with E-state index in [0.717, 1.165) is 0 Å². The summed E-state index contributed by atoms with van der Waals surface area (Å²) >= 11 is 0. The number of benzene rings is 1. The van der Waals surface area contributed by atoms with E-state index in [1.165, 1.54) is 28.1 Å². The van der Waals surface area contributed by atoms with E-state index in [1.54, 1.807) is 13.8 Å². The maximum absolute atomic E-state index is 14.8. The van der Waals surface area contributed by atoms with Gasteiger partial charge in [-0.15, -0.1) is 0 Å². The predicted octanol–water partition coefficient (Wildman–Crippen LogP) is 3.23. The van der Waals surface area contributed by atoms with Crippen molar-refractivity contribution >= 4 is 5.97 Å². The van der Waals surface area contributed by atoms with Crippen LogP contribution in [0.2, 0.25) is 0 Å². The van der Waals surface area contributed by atoms with Crippen molar-refractivity contribution in [3.8, 4) is 11.5 Å². The van der Waals surface area contributed by atoms with Crippen molar-refractivity contribution in [1.29, 1.82) is 0 Å². The smallest absolute Gasteiger partial charge is 0.382 e. The normalized spacial score (nSPS) is 11.4. The van der Waals surface area contributed by atoms with Crippen molar-refractivity contribution in [2.45, 2.75) is 33.6 Å². The van der Waals surface area contributed by atoms with E-state index < -0.39 is 17.5 Å². The van der Waals surface area contributed by atoms with Gasteiger partial charge < -0.3 is 23.7 Å². The summed E-state index contributed by atoms with van der Waals surface area (Å²) in [5, 5.41) is 0. The van der Waals surface area contributed by atoms with Crippen LogP contribution in [0.1, 0.15) is 29.2 Å². The number of hydrogen-bond acceptors (Lipinski definition) is 6. The van der Waals surface area contributed by atoms with Gasteiger partial charge in [0, 0.05) is 19.8 Å². The highest BCUT2D eigenvalue weighted by Crippen LogP contribution is 2.46. The fourth-order valence-electron chi connectivity index (χ4n) is 2.43. The quantitative estimate of drug-likeness (QED) is 0.496. The number of hydrogen-bond donors (Lipinski definition) is 0. The van der Waals surface area contributed by atoms with Gasteiger partial charge in [-0.25, -0.2) is 4.79 Å². The zero-order valence-electron chi connectivity index (χ0n) is 15.3. The second-order valence-corrected chi connectivity index (χ2v) is 5.30. The summed E-state index contributed by atoms with van der Waals surface area (Å²) in [7, 11) is 2.79. The molecule has 0 bridgehead atoms. The van der Waals surface area contributed by atoms with E-state index in [1.807, 2.05) is 0 Å². The Labute approximate surface area is 146 Å². The second kappa shape index (κ2) is 8.96. The van der Waals surface area contributed by atoms with Crippen LogP contribution >= 0.6 is 0 Å². The first-order valence-corrected chi connectivity index (χ1v) is 7.66. The van der Waals surface area contributed by atoms with Gasteiger partial charge in [0.05, 0.1) is 12.2 Å². The molecule has 0 aliphatic rings. The van der Waals surface area contributed by atoms with Gasteiger partial charge in [0.1, 0.15) is 11.5 Å². The number of methoxy groups -OCH3 is 2. The van der Waals surface area contributed by atoms with Crippen molar-refractivity contribution in [3.63, 3.8) is 0 Å². The molecule has 0 aliphatic heterocycles. The molecule has 0 heterocycles. The topological polar surface area (TPSA) is 63.2 Å². The van der Waals surface area contributed by atoms with Gasteiger partial charge in [0.25, 0.3) is 0 Å². The average Bonchev–Trinajstić information content (AvgIpc) is 2.56. The maximum Gasteiger partial charge on any atom is 0.382 e. The van der Waals surface area contributed by atoms with Crippen LogP contribution in [0.25, 0.3) is 0 Å². The number of carbonyl (C=O) groups is 1. The van der Waals surface area contributed by atoms with Crippen LogP contribution in [0.5, 0.6) is 11.5 Å². The summed E-state index contributed by atoms with van der Waals surface area (Å²) in [6.07, 6.45) is 0. The molecule has 0 aliphatic carbocycles. The molecule has 6 nitrogen and oxygen atoms in total. The van der Waals surface area contributed by atoms with Crippen LogP contribution in [0.3, 0.4) is 0 Å². The molecule has 0 spiro atoms. The summed E-state index contributed by atoms with van der Waals surface area (Å²) in [6, 6.07) is 0. The fourth-order valence-corrected chi connectivity index (χ4v) is 2.43. The lowest BCUT2D eigenvalue weighted by Crippen LogP contribution is -2.30. The number of rotatable bonds is 9.